The zero-order chi connectivity index (χ0) is 13.2. The van der Waals surface area contributed by atoms with Crippen molar-refractivity contribution in [3.05, 3.63) is 35.4 Å². The van der Waals surface area contributed by atoms with Gasteiger partial charge >= 0.3 is 5.97 Å². The monoisotopic (exact) mass is 243 g/mol. The summed E-state index contributed by atoms with van der Waals surface area (Å²) in [5.41, 5.74) is 5.21. The number of esters is 1. The Bertz CT molecular complexity index is 433. The number of carbonyl (C=O) groups excluding carboxylic acids is 1. The first-order valence-corrected chi connectivity index (χ1v) is 5.09. The van der Waals surface area contributed by atoms with Gasteiger partial charge in [-0.05, 0) is 31.5 Å². The zero-order valence-electron chi connectivity index (χ0n) is 9.96. The van der Waals surface area contributed by atoms with Crippen molar-refractivity contribution < 1.29 is 18.3 Å². The highest BCUT2D eigenvalue weighted by atomic mass is 19.2. The van der Waals surface area contributed by atoms with E-state index in [1.807, 2.05) is 0 Å². The third-order valence-corrected chi connectivity index (χ3v) is 2.79. The summed E-state index contributed by atoms with van der Waals surface area (Å²) in [6, 6.07) is 2.56. The van der Waals surface area contributed by atoms with Crippen molar-refractivity contribution in [1.82, 2.24) is 0 Å². The minimum absolute atomic E-state index is 0.347. The van der Waals surface area contributed by atoms with Gasteiger partial charge in [-0.25, -0.2) is 8.78 Å². The summed E-state index contributed by atoms with van der Waals surface area (Å²) in [6.07, 6.45) is 0. The number of benzene rings is 1. The van der Waals surface area contributed by atoms with Crippen LogP contribution in [0.2, 0.25) is 0 Å². The van der Waals surface area contributed by atoms with Crippen LogP contribution >= 0.6 is 0 Å². The molecule has 17 heavy (non-hydrogen) atoms. The van der Waals surface area contributed by atoms with E-state index in [0.717, 1.165) is 12.1 Å². The molecule has 0 bridgehead atoms. The first kappa shape index (κ1) is 13.6. The van der Waals surface area contributed by atoms with Crippen LogP contribution in [0.25, 0.3) is 0 Å². The molecule has 94 valence electrons. The zero-order valence-corrected chi connectivity index (χ0v) is 9.96. The Hall–Kier alpha value is -1.49. The lowest BCUT2D eigenvalue weighted by Crippen LogP contribution is -2.37. The van der Waals surface area contributed by atoms with Crippen LogP contribution in [0.3, 0.4) is 0 Å². The molecule has 3 nitrogen and oxygen atoms in total. The van der Waals surface area contributed by atoms with Gasteiger partial charge in [0, 0.05) is 6.04 Å². The fourth-order valence-electron chi connectivity index (χ4n) is 1.51. The molecule has 0 heterocycles. The van der Waals surface area contributed by atoms with E-state index >= 15 is 0 Å². The molecule has 0 saturated carbocycles. The number of rotatable bonds is 3. The summed E-state index contributed by atoms with van der Waals surface area (Å²) in [7, 11) is 1.25. The first-order chi connectivity index (χ1) is 7.80. The maximum atomic E-state index is 13.1. The molecule has 0 fully saturated rings. The maximum Gasteiger partial charge on any atom is 0.313 e. The van der Waals surface area contributed by atoms with Gasteiger partial charge < -0.3 is 10.5 Å². The number of hydrogen-bond donors (Lipinski definition) is 1. The van der Waals surface area contributed by atoms with Crippen molar-refractivity contribution in [3.8, 4) is 0 Å². The lowest BCUT2D eigenvalue weighted by atomic mass is 9.81. The van der Waals surface area contributed by atoms with Gasteiger partial charge in [-0.3, -0.25) is 4.79 Å². The second kappa shape index (κ2) is 4.79. The van der Waals surface area contributed by atoms with Crippen LogP contribution in [0.15, 0.2) is 18.2 Å². The number of halogens is 2. The summed E-state index contributed by atoms with van der Waals surface area (Å²) in [6.45, 7) is 3.18. The molecule has 5 heteroatoms. The van der Waals surface area contributed by atoms with Crippen molar-refractivity contribution in [3.63, 3.8) is 0 Å². The molecule has 2 N–H and O–H groups in total. The second-order valence-corrected chi connectivity index (χ2v) is 4.36. The molecule has 0 aliphatic heterocycles. The standard InChI is InChI=1S/C12H15F2NO2/c1-12(2,11(16)17-3)10(15)7-4-5-8(13)9(14)6-7/h4-6,10H,15H2,1-3H3. The van der Waals surface area contributed by atoms with E-state index in [1.54, 1.807) is 13.8 Å². The van der Waals surface area contributed by atoms with E-state index in [9.17, 15) is 13.6 Å². The molecule has 1 atom stereocenters. The van der Waals surface area contributed by atoms with Gasteiger partial charge in [-0.2, -0.15) is 0 Å². The summed E-state index contributed by atoms with van der Waals surface area (Å²) in [5.74, 6) is -2.44. The molecule has 0 aliphatic rings. The Balaban J connectivity index is 3.07. The lowest BCUT2D eigenvalue weighted by Gasteiger charge is -2.28. The Morgan fingerprint density at radius 2 is 1.94 bits per heavy atom. The molecule has 0 amide bonds. The highest BCUT2D eigenvalue weighted by Crippen LogP contribution is 2.32. The summed E-state index contributed by atoms with van der Waals surface area (Å²) in [5, 5.41) is 0. The van der Waals surface area contributed by atoms with Crippen molar-refractivity contribution in [2.24, 2.45) is 11.1 Å². The van der Waals surface area contributed by atoms with Crippen LogP contribution in [0, 0.1) is 17.0 Å². The van der Waals surface area contributed by atoms with Gasteiger partial charge in [0.2, 0.25) is 0 Å². The van der Waals surface area contributed by atoms with Gasteiger partial charge in [0.15, 0.2) is 11.6 Å². The topological polar surface area (TPSA) is 52.3 Å². The summed E-state index contributed by atoms with van der Waals surface area (Å²) >= 11 is 0. The van der Waals surface area contributed by atoms with Crippen molar-refractivity contribution in [2.75, 3.05) is 7.11 Å². The first-order valence-electron chi connectivity index (χ1n) is 5.09. The van der Waals surface area contributed by atoms with E-state index in [2.05, 4.69) is 4.74 Å². The predicted molar refractivity (Wildman–Crippen MR) is 59.1 cm³/mol. The van der Waals surface area contributed by atoms with Crippen molar-refractivity contribution >= 4 is 5.97 Å². The van der Waals surface area contributed by atoms with E-state index in [1.165, 1.54) is 13.2 Å². The van der Waals surface area contributed by atoms with Gasteiger partial charge in [0.25, 0.3) is 0 Å². The maximum absolute atomic E-state index is 13.1. The molecule has 1 unspecified atom stereocenters. The average Bonchev–Trinajstić information content (AvgIpc) is 2.30. The SMILES string of the molecule is COC(=O)C(C)(C)C(N)c1ccc(F)c(F)c1. The van der Waals surface area contributed by atoms with Crippen LogP contribution in [-0.4, -0.2) is 13.1 Å². The van der Waals surface area contributed by atoms with Gasteiger partial charge in [-0.15, -0.1) is 0 Å². The normalized spacial score (nSPS) is 13.3. The highest BCUT2D eigenvalue weighted by Gasteiger charge is 2.36. The van der Waals surface area contributed by atoms with Crippen molar-refractivity contribution in [2.45, 2.75) is 19.9 Å². The minimum atomic E-state index is -1.01. The fraction of sp³-hybridized carbons (Fsp3) is 0.417. The number of methoxy groups -OCH3 is 1. The molecular weight excluding hydrogens is 228 g/mol. The molecule has 0 saturated heterocycles. The smallest absolute Gasteiger partial charge is 0.313 e. The molecule has 0 spiro atoms. The van der Waals surface area contributed by atoms with Gasteiger partial charge in [-0.1, -0.05) is 6.07 Å². The van der Waals surface area contributed by atoms with Crippen LogP contribution in [-0.2, 0) is 9.53 Å². The summed E-state index contributed by atoms with van der Waals surface area (Å²) < 4.78 is 30.5. The van der Waals surface area contributed by atoms with Gasteiger partial charge in [0.05, 0.1) is 12.5 Å². The molecule has 0 aromatic heterocycles. The molecule has 0 radical (unpaired) electrons. The van der Waals surface area contributed by atoms with E-state index in [0.29, 0.717) is 5.56 Å². The van der Waals surface area contributed by atoms with Gasteiger partial charge in [0.1, 0.15) is 0 Å². The average molecular weight is 243 g/mol. The van der Waals surface area contributed by atoms with E-state index in [-0.39, 0.29) is 0 Å². The van der Waals surface area contributed by atoms with E-state index < -0.39 is 29.1 Å². The van der Waals surface area contributed by atoms with Crippen molar-refractivity contribution in [1.29, 1.82) is 0 Å². The number of nitrogens with two attached hydrogens (primary N) is 1. The molecular formula is C12H15F2NO2. The molecule has 1 aromatic rings. The minimum Gasteiger partial charge on any atom is -0.469 e. The van der Waals surface area contributed by atoms with Crippen LogP contribution in [0.5, 0.6) is 0 Å². The Morgan fingerprint density at radius 1 is 1.35 bits per heavy atom. The Morgan fingerprint density at radius 3 is 2.41 bits per heavy atom. The summed E-state index contributed by atoms with van der Waals surface area (Å²) in [4.78, 5) is 11.5. The lowest BCUT2D eigenvalue weighted by molar-refractivity contribution is -0.152. The van der Waals surface area contributed by atoms with E-state index in [4.69, 9.17) is 5.73 Å². The second-order valence-electron chi connectivity index (χ2n) is 4.36. The quantitative estimate of drug-likeness (QED) is 0.828. The largest absolute Gasteiger partial charge is 0.469 e. The van der Waals surface area contributed by atoms with Crippen LogP contribution in [0.4, 0.5) is 8.78 Å². The molecule has 0 aliphatic carbocycles. The molecule has 1 aromatic carbocycles. The number of hydrogen-bond acceptors (Lipinski definition) is 3. The third kappa shape index (κ3) is 2.61. The van der Waals surface area contributed by atoms with Crippen LogP contribution < -0.4 is 5.73 Å². The number of ether oxygens (including phenoxy) is 1. The highest BCUT2D eigenvalue weighted by molar-refractivity contribution is 5.77. The predicted octanol–water partition coefficient (Wildman–Crippen LogP) is 2.16. The Kier molecular flexibility index (Phi) is 3.83. The Labute approximate surface area is 98.6 Å². The van der Waals surface area contributed by atoms with Crippen LogP contribution in [0.1, 0.15) is 25.5 Å². The fourth-order valence-corrected chi connectivity index (χ4v) is 1.51. The molecule has 1 rings (SSSR count). The number of carbonyl (C=O) groups is 1. The third-order valence-electron chi connectivity index (χ3n) is 2.79.